The van der Waals surface area contributed by atoms with Gasteiger partial charge < -0.3 is 0 Å². The summed E-state index contributed by atoms with van der Waals surface area (Å²) < 4.78 is 0. The minimum atomic E-state index is -2.16. The summed E-state index contributed by atoms with van der Waals surface area (Å²) >= 11 is 0. The first kappa shape index (κ1) is 110. The van der Waals surface area contributed by atoms with Gasteiger partial charge in [-0.05, 0) is 201 Å². The number of hydrogen-bond donors (Lipinski definition) is 0. The molecule has 0 aliphatic heterocycles. The van der Waals surface area contributed by atoms with Gasteiger partial charge in [0.1, 0.15) is 32.3 Å². The van der Waals surface area contributed by atoms with Crippen LogP contribution in [0.1, 0.15) is 488 Å². The van der Waals surface area contributed by atoms with Crippen LogP contribution in [-0.2, 0) is 25.7 Å². The van der Waals surface area contributed by atoms with Crippen molar-refractivity contribution in [3.63, 3.8) is 0 Å². The number of rotatable bonds is 48. The molecule has 0 amide bonds. The monoisotopic (exact) mass is 1760 g/mol. The van der Waals surface area contributed by atoms with Crippen molar-refractivity contribution in [1.29, 1.82) is 0 Å². The van der Waals surface area contributed by atoms with Crippen LogP contribution in [0.4, 0.5) is 0 Å². The van der Waals surface area contributed by atoms with Crippen molar-refractivity contribution >= 4 is 32.3 Å². The molecule has 0 atom stereocenters. The van der Waals surface area contributed by atoms with E-state index in [0.717, 1.165) is 92.4 Å². The number of aryl methyl sites for hydroxylation is 4. The third kappa shape index (κ3) is 33.7. The van der Waals surface area contributed by atoms with E-state index in [1.165, 1.54) is 228 Å². The summed E-state index contributed by atoms with van der Waals surface area (Å²) in [6, 6.07) is 32.6. The Kier molecular flexibility index (Phi) is 50.9. The Labute approximate surface area is 785 Å². The van der Waals surface area contributed by atoms with Crippen LogP contribution >= 0.6 is 0 Å². The average molecular weight is 1760 g/mol. The molecule has 0 N–H and O–H groups in total. The second-order valence-electron chi connectivity index (χ2n) is 42.0. The van der Waals surface area contributed by atoms with E-state index in [9.17, 15) is 0 Å². The van der Waals surface area contributed by atoms with Crippen LogP contribution in [0.3, 0.4) is 0 Å². The highest BCUT2D eigenvalue weighted by molar-refractivity contribution is 6.92. The number of hydrogen-bond acceptors (Lipinski definition) is 0. The van der Waals surface area contributed by atoms with E-state index < -0.39 is 32.3 Å². The smallest absolute Gasteiger partial charge is 0.125 e. The molecule has 686 valence electrons. The molecule has 0 nitrogen and oxygen atoms in total. The molecule has 0 saturated heterocycles. The molecule has 4 heteroatoms. The third-order valence-corrected chi connectivity index (χ3v) is 54.4. The maximum Gasteiger partial charge on any atom is 0.146 e. The van der Waals surface area contributed by atoms with E-state index >= 15 is 0 Å². The summed E-state index contributed by atoms with van der Waals surface area (Å²) in [5.74, 6) is 47.2. The first-order valence-corrected chi connectivity index (χ1v) is 61.1. The van der Waals surface area contributed by atoms with Crippen LogP contribution in [0.15, 0.2) is 84.9 Å². The highest BCUT2D eigenvalue weighted by atomic mass is 28.3. The zero-order valence-corrected chi connectivity index (χ0v) is 90.5. The Bertz CT molecular complexity index is 3950. The molecule has 5 rings (SSSR count). The van der Waals surface area contributed by atoms with E-state index in [4.69, 9.17) is 0 Å². The summed E-state index contributed by atoms with van der Waals surface area (Å²) in [5.41, 5.74) is 39.2. The molecule has 0 saturated carbocycles. The largest absolute Gasteiger partial charge is 0.146 e. The van der Waals surface area contributed by atoms with Gasteiger partial charge in [0.15, 0.2) is 0 Å². The Morgan fingerprint density at radius 3 is 0.444 bits per heavy atom. The van der Waals surface area contributed by atoms with Crippen molar-refractivity contribution in [3.05, 3.63) is 174 Å². The van der Waals surface area contributed by atoms with E-state index in [1.807, 2.05) is 0 Å². The summed E-state index contributed by atoms with van der Waals surface area (Å²) in [4.78, 5) is 0. The minimum absolute atomic E-state index is 0.491. The molecule has 0 aliphatic rings. The van der Waals surface area contributed by atoms with E-state index in [2.05, 4.69) is 372 Å². The molecular weight excluding hydrogens is 1580 g/mol. The summed E-state index contributed by atoms with van der Waals surface area (Å²) in [6.07, 6.45) is 45.5. The molecule has 5 aromatic carbocycles. The topological polar surface area (TPSA) is 0 Å². The second kappa shape index (κ2) is 58.3. The molecule has 5 aromatic rings. The number of unbranched alkanes of at least 4 members (excludes halogenated alkanes) is 28. The molecule has 0 heterocycles. The molecule has 0 unspecified atom stereocenters. The van der Waals surface area contributed by atoms with Gasteiger partial charge in [0.25, 0.3) is 0 Å². The zero-order valence-electron chi connectivity index (χ0n) is 86.5. The first-order valence-electron chi connectivity index (χ1n) is 52.2. The lowest BCUT2D eigenvalue weighted by molar-refractivity contribution is 0.575. The van der Waals surface area contributed by atoms with Gasteiger partial charge in [-0.3, -0.25) is 0 Å². The van der Waals surface area contributed by atoms with Gasteiger partial charge in [0, 0.05) is 66.8 Å². The minimum Gasteiger partial charge on any atom is -0.125 e. The SMILES string of the molecule is CCCCCCCCCCc1ccc(C#Cc2cc(C#Cc3ccc(CCCCCCCCCC)cc3C#C[Si](C(C)C)(C(C)C)C(C)C)c(C#Cc3ccc(CCCCCCCCCC)cc3C#C[Si](C(C)C)(C(C)C)C(C)C)cc2C#Cc2ccc(CCCCCCCCCC)cc2C#C[Si](C(C)C)(C(C)C)C(C)C)c(C#C[Si](C(C)C)(C(C)C)C(C)C)c1. The Morgan fingerprint density at radius 2 is 0.294 bits per heavy atom. The Balaban J connectivity index is 2.07. The maximum absolute atomic E-state index is 4.18. The van der Waals surface area contributed by atoms with Crippen molar-refractivity contribution in [1.82, 2.24) is 0 Å². The molecular formula is C122H182Si4. The van der Waals surface area contributed by atoms with Crippen LogP contribution in [0.2, 0.25) is 66.5 Å². The van der Waals surface area contributed by atoms with Crippen LogP contribution in [0.5, 0.6) is 0 Å². The predicted molar refractivity (Wildman–Crippen MR) is 573 cm³/mol. The van der Waals surface area contributed by atoms with E-state index in [0.29, 0.717) is 66.5 Å². The van der Waals surface area contributed by atoms with Crippen LogP contribution < -0.4 is 0 Å². The lowest BCUT2D eigenvalue weighted by Gasteiger charge is -2.38. The Hall–Kier alpha value is -6.55. The van der Waals surface area contributed by atoms with E-state index in [-0.39, 0.29) is 0 Å². The molecule has 0 spiro atoms. The van der Waals surface area contributed by atoms with E-state index in [1.54, 1.807) is 0 Å². The summed E-state index contributed by atoms with van der Waals surface area (Å²) in [6.45, 7) is 67.5. The van der Waals surface area contributed by atoms with Crippen molar-refractivity contribution in [2.45, 2.75) is 492 Å². The average Bonchev–Trinajstić information content (AvgIpc) is 0.806. The molecule has 0 aromatic heterocycles. The fourth-order valence-corrected chi connectivity index (χ4v) is 42.5. The standard InChI is InChI=1S/C122H182Si4/c1-29-33-37-41-45-49-53-57-61-107-65-69-111(119(89-107)81-85-123(95(5)6,96(7)8)97(9)10)73-77-115-93-117(79-75-113-71-67-109(63-59-55-51-47-43-39-35-31-3)91-121(113)83-87-125(101(17)18,102(19)20)103(21)22)118(80-76-114-72-68-110(64-60-56-52-48-44-40-36-32-4)92-122(114)84-88-126(104(23)24,105(25)26)106(27)28)94-116(115)78-74-112-70-66-108(62-58-54-50-46-42-38-34-30-2)90-120(112)82-86-124(98(11)12,99(13)14)100(15)16/h65-72,89-106H,29-64H2,1-28H3. The Morgan fingerprint density at radius 1 is 0.159 bits per heavy atom. The maximum atomic E-state index is 4.18. The molecule has 126 heavy (non-hydrogen) atoms. The van der Waals surface area contributed by atoms with Gasteiger partial charge >= 0.3 is 0 Å². The third-order valence-electron chi connectivity index (χ3n) is 29.2. The van der Waals surface area contributed by atoms with Gasteiger partial charge in [0.2, 0.25) is 0 Å². The van der Waals surface area contributed by atoms with Gasteiger partial charge in [-0.1, -0.05) is 469 Å². The second-order valence-corrected chi connectivity index (χ2v) is 64.3. The van der Waals surface area contributed by atoms with Crippen molar-refractivity contribution < 1.29 is 0 Å². The predicted octanol–water partition coefficient (Wildman–Crippen LogP) is 36.3. The zero-order chi connectivity index (χ0) is 92.8. The lowest BCUT2D eigenvalue weighted by atomic mass is 9.95. The van der Waals surface area contributed by atoms with Gasteiger partial charge in [-0.15, -0.1) is 22.2 Å². The van der Waals surface area contributed by atoms with Gasteiger partial charge in [-0.25, -0.2) is 0 Å². The van der Waals surface area contributed by atoms with Gasteiger partial charge in [-0.2, -0.15) is 0 Å². The lowest BCUT2D eigenvalue weighted by Crippen LogP contribution is -2.43. The molecule has 0 bridgehead atoms. The summed E-state index contributed by atoms with van der Waals surface area (Å²) in [7, 11) is -8.63. The summed E-state index contributed by atoms with van der Waals surface area (Å²) in [5, 5.41) is 0. The van der Waals surface area contributed by atoms with Crippen LogP contribution in [0, 0.1) is 93.2 Å². The fourth-order valence-electron chi connectivity index (χ4n) is 21.7. The fraction of sp³-hybridized carbons (Fsp3) is 0.623. The normalized spacial score (nSPS) is 11.9. The van der Waals surface area contributed by atoms with Gasteiger partial charge in [0.05, 0.1) is 0 Å². The quantitative estimate of drug-likeness (QED) is 0.0207. The molecule has 0 fully saturated rings. The number of benzene rings is 5. The van der Waals surface area contributed by atoms with Crippen molar-refractivity contribution in [2.75, 3.05) is 0 Å². The van der Waals surface area contributed by atoms with Crippen LogP contribution in [0.25, 0.3) is 0 Å². The first-order chi connectivity index (χ1) is 60.3. The molecule has 0 radical (unpaired) electrons. The van der Waals surface area contributed by atoms with Crippen LogP contribution in [-0.4, -0.2) is 32.3 Å². The highest BCUT2D eigenvalue weighted by Crippen LogP contribution is 2.45. The van der Waals surface area contributed by atoms with Crippen molar-refractivity contribution in [2.24, 2.45) is 0 Å². The molecule has 0 aliphatic carbocycles. The highest BCUT2D eigenvalue weighted by Gasteiger charge is 2.45. The van der Waals surface area contributed by atoms with Crippen molar-refractivity contribution in [3.8, 4) is 93.2 Å².